The lowest BCUT2D eigenvalue weighted by atomic mass is 9.95. The third kappa shape index (κ3) is 4.78. The van der Waals surface area contributed by atoms with Crippen molar-refractivity contribution in [1.29, 1.82) is 0 Å². The largest absolute Gasteiger partial charge is 0.346 e. The number of fused-ring (bicyclic) bond motifs is 3. The maximum absolute atomic E-state index is 13.0. The standard InChI is InChI=1S/C31H37NO3/c1-5-7-8-9-13-16-30(33)23-17-19-28-26(21-23)27-22-25(18-20-29(27)32(28)6-2)31(34-3,35-4)24-14-11-10-12-15-24/h10-12,14-15,17-22H,5-9,13,16H2,1-4H3. The first-order valence-electron chi connectivity index (χ1n) is 12.8. The number of benzene rings is 3. The highest BCUT2D eigenvalue weighted by molar-refractivity contribution is 6.11. The van der Waals surface area contributed by atoms with E-state index in [4.69, 9.17) is 9.47 Å². The van der Waals surface area contributed by atoms with Crippen LogP contribution in [0.5, 0.6) is 0 Å². The Morgan fingerprint density at radius 2 is 1.43 bits per heavy atom. The molecule has 0 atom stereocenters. The predicted octanol–water partition coefficient (Wildman–Crippen LogP) is 7.85. The second-order valence-corrected chi connectivity index (χ2v) is 9.19. The lowest BCUT2D eigenvalue weighted by Gasteiger charge is -2.32. The number of carbonyl (C=O) groups excluding carboxylic acids is 1. The van der Waals surface area contributed by atoms with Gasteiger partial charge in [-0.1, -0.05) is 69.0 Å². The Morgan fingerprint density at radius 3 is 2.09 bits per heavy atom. The molecule has 0 unspecified atom stereocenters. The summed E-state index contributed by atoms with van der Waals surface area (Å²) in [7, 11) is 3.35. The zero-order valence-corrected chi connectivity index (χ0v) is 21.5. The molecule has 0 aliphatic heterocycles. The fourth-order valence-electron chi connectivity index (χ4n) is 5.24. The van der Waals surface area contributed by atoms with Crippen LogP contribution in [0.3, 0.4) is 0 Å². The van der Waals surface area contributed by atoms with Crippen LogP contribution in [0, 0.1) is 0 Å². The molecule has 1 aromatic heterocycles. The Hall–Kier alpha value is -2.95. The van der Waals surface area contributed by atoms with E-state index in [0.29, 0.717) is 6.42 Å². The van der Waals surface area contributed by atoms with Gasteiger partial charge >= 0.3 is 0 Å². The van der Waals surface area contributed by atoms with Crippen molar-refractivity contribution in [2.75, 3.05) is 14.2 Å². The van der Waals surface area contributed by atoms with Crippen LogP contribution in [0.1, 0.15) is 73.9 Å². The average Bonchev–Trinajstić information content (AvgIpc) is 3.22. The number of rotatable bonds is 12. The maximum atomic E-state index is 13.0. The second kappa shape index (κ2) is 11.2. The molecule has 0 aliphatic carbocycles. The molecule has 184 valence electrons. The zero-order valence-electron chi connectivity index (χ0n) is 21.5. The van der Waals surface area contributed by atoms with E-state index < -0.39 is 5.79 Å². The van der Waals surface area contributed by atoms with Gasteiger partial charge in [-0.15, -0.1) is 0 Å². The third-order valence-electron chi connectivity index (χ3n) is 7.12. The molecule has 0 saturated carbocycles. The van der Waals surface area contributed by atoms with Crippen molar-refractivity contribution in [3.05, 3.63) is 83.4 Å². The van der Waals surface area contributed by atoms with Crippen LogP contribution in [0.2, 0.25) is 0 Å². The maximum Gasteiger partial charge on any atom is 0.221 e. The van der Waals surface area contributed by atoms with Crippen LogP contribution in [-0.2, 0) is 21.8 Å². The van der Waals surface area contributed by atoms with Crippen LogP contribution >= 0.6 is 0 Å². The van der Waals surface area contributed by atoms with Crippen molar-refractivity contribution in [2.45, 2.75) is 64.7 Å². The minimum absolute atomic E-state index is 0.226. The Kier molecular flexibility index (Phi) is 8.04. The normalized spacial score (nSPS) is 12.0. The van der Waals surface area contributed by atoms with Gasteiger partial charge in [-0.3, -0.25) is 4.79 Å². The molecule has 4 aromatic rings. The van der Waals surface area contributed by atoms with E-state index >= 15 is 0 Å². The highest BCUT2D eigenvalue weighted by atomic mass is 16.7. The van der Waals surface area contributed by atoms with Crippen molar-refractivity contribution in [2.24, 2.45) is 0 Å². The molecule has 0 fully saturated rings. The molecule has 4 nitrogen and oxygen atoms in total. The molecule has 1 heterocycles. The lowest BCUT2D eigenvalue weighted by Crippen LogP contribution is -2.32. The van der Waals surface area contributed by atoms with Crippen LogP contribution in [0.15, 0.2) is 66.7 Å². The smallest absolute Gasteiger partial charge is 0.221 e. The summed E-state index contributed by atoms with van der Waals surface area (Å²) in [4.78, 5) is 13.0. The average molecular weight is 472 g/mol. The minimum Gasteiger partial charge on any atom is -0.346 e. The van der Waals surface area contributed by atoms with Gasteiger partial charge in [0.25, 0.3) is 0 Å². The SMILES string of the molecule is CCCCCCCC(=O)c1ccc2c(c1)c1cc(C(OC)(OC)c3ccccc3)ccc1n2CC. The van der Waals surface area contributed by atoms with Crippen molar-refractivity contribution in [3.8, 4) is 0 Å². The van der Waals surface area contributed by atoms with Gasteiger partial charge in [0, 0.05) is 65.7 Å². The molecule has 0 radical (unpaired) electrons. The van der Waals surface area contributed by atoms with Crippen molar-refractivity contribution in [3.63, 3.8) is 0 Å². The van der Waals surface area contributed by atoms with Gasteiger partial charge in [0.1, 0.15) is 0 Å². The van der Waals surface area contributed by atoms with E-state index in [0.717, 1.165) is 57.9 Å². The van der Waals surface area contributed by atoms with E-state index in [1.807, 2.05) is 36.4 Å². The first kappa shape index (κ1) is 25.2. The van der Waals surface area contributed by atoms with E-state index in [1.54, 1.807) is 14.2 Å². The number of aryl methyl sites for hydroxylation is 1. The molecule has 4 rings (SSSR count). The van der Waals surface area contributed by atoms with Gasteiger partial charge in [-0.25, -0.2) is 0 Å². The summed E-state index contributed by atoms with van der Waals surface area (Å²) in [6.45, 7) is 5.21. The predicted molar refractivity (Wildman–Crippen MR) is 144 cm³/mol. The number of Topliss-reactive ketones (excluding diaryl/α,β-unsaturated/α-hetero) is 1. The number of carbonyl (C=O) groups is 1. The Morgan fingerprint density at radius 1 is 0.771 bits per heavy atom. The molecule has 4 heteroatoms. The summed E-state index contributed by atoms with van der Waals surface area (Å²) >= 11 is 0. The number of hydrogen-bond donors (Lipinski definition) is 0. The molecule has 0 bridgehead atoms. The first-order chi connectivity index (χ1) is 17.1. The van der Waals surface area contributed by atoms with Gasteiger partial charge in [-0.2, -0.15) is 0 Å². The third-order valence-corrected chi connectivity index (χ3v) is 7.12. The number of unbranched alkanes of at least 4 members (excludes halogenated alkanes) is 4. The molecule has 0 spiro atoms. The highest BCUT2D eigenvalue weighted by Crippen LogP contribution is 2.38. The van der Waals surface area contributed by atoms with Crippen molar-refractivity contribution < 1.29 is 14.3 Å². The van der Waals surface area contributed by atoms with Gasteiger partial charge in [0.15, 0.2) is 5.78 Å². The quantitative estimate of drug-likeness (QED) is 0.120. The minimum atomic E-state index is -1.01. The summed E-state index contributed by atoms with van der Waals surface area (Å²) < 4.78 is 14.3. The van der Waals surface area contributed by atoms with Gasteiger partial charge < -0.3 is 14.0 Å². The molecule has 0 aliphatic rings. The summed E-state index contributed by atoms with van der Waals surface area (Å²) in [5.74, 6) is -0.786. The molecule has 35 heavy (non-hydrogen) atoms. The Labute approximate surface area is 208 Å². The number of ketones is 1. The molecule has 0 amide bonds. The lowest BCUT2D eigenvalue weighted by molar-refractivity contribution is -0.183. The first-order valence-corrected chi connectivity index (χ1v) is 12.8. The summed E-state index contributed by atoms with van der Waals surface area (Å²) in [6.07, 6.45) is 6.35. The number of ether oxygens (including phenoxy) is 2. The fourth-order valence-corrected chi connectivity index (χ4v) is 5.24. The number of nitrogens with zero attached hydrogens (tertiary/aromatic N) is 1. The van der Waals surface area contributed by atoms with E-state index in [-0.39, 0.29) is 5.78 Å². The summed E-state index contributed by atoms with van der Waals surface area (Å²) in [5.41, 5.74) is 4.93. The van der Waals surface area contributed by atoms with E-state index in [2.05, 4.69) is 48.7 Å². The van der Waals surface area contributed by atoms with Gasteiger partial charge in [0.05, 0.1) is 0 Å². The highest BCUT2D eigenvalue weighted by Gasteiger charge is 2.35. The number of hydrogen-bond acceptors (Lipinski definition) is 3. The van der Waals surface area contributed by atoms with Crippen molar-refractivity contribution >= 4 is 27.6 Å². The molecule has 0 N–H and O–H groups in total. The van der Waals surface area contributed by atoms with Crippen LogP contribution < -0.4 is 0 Å². The summed E-state index contributed by atoms with van der Waals surface area (Å²) in [5, 5.41) is 2.20. The molecular weight excluding hydrogens is 434 g/mol. The van der Waals surface area contributed by atoms with E-state index in [1.165, 1.54) is 19.3 Å². The molecule has 3 aromatic carbocycles. The van der Waals surface area contributed by atoms with E-state index in [9.17, 15) is 4.79 Å². The van der Waals surface area contributed by atoms with Crippen LogP contribution in [0.4, 0.5) is 0 Å². The molecular formula is C31H37NO3. The van der Waals surface area contributed by atoms with Gasteiger partial charge in [0.2, 0.25) is 5.79 Å². The fraction of sp³-hybridized carbons (Fsp3) is 0.387. The summed E-state index contributed by atoms with van der Waals surface area (Å²) in [6, 6.07) is 22.5. The second-order valence-electron chi connectivity index (χ2n) is 9.19. The Balaban J connectivity index is 1.78. The van der Waals surface area contributed by atoms with Crippen LogP contribution in [0.25, 0.3) is 21.8 Å². The number of methoxy groups -OCH3 is 2. The Bertz CT molecular complexity index is 1290. The van der Waals surface area contributed by atoms with Gasteiger partial charge in [-0.05, 0) is 43.7 Å². The topological polar surface area (TPSA) is 40.5 Å². The molecule has 0 saturated heterocycles. The van der Waals surface area contributed by atoms with Crippen LogP contribution in [-0.4, -0.2) is 24.6 Å². The zero-order chi connectivity index (χ0) is 24.8. The monoisotopic (exact) mass is 471 g/mol. The van der Waals surface area contributed by atoms with Crippen molar-refractivity contribution in [1.82, 2.24) is 4.57 Å². The number of aromatic nitrogens is 1.